The molecule has 0 N–H and O–H groups in total. The van der Waals surface area contributed by atoms with Crippen molar-refractivity contribution in [2.45, 2.75) is 4.90 Å². The van der Waals surface area contributed by atoms with Crippen LogP contribution in [0.5, 0.6) is 0 Å². The molecule has 1 saturated heterocycles. The summed E-state index contributed by atoms with van der Waals surface area (Å²) in [6.07, 6.45) is 0. The molecule has 1 amide bonds. The molecule has 7 heteroatoms. The summed E-state index contributed by atoms with van der Waals surface area (Å²) in [7, 11) is -1.74. The number of carbonyl (C=O) groups excluding carboxylic acids is 1. The van der Waals surface area contributed by atoms with Gasteiger partial charge in [-0.2, -0.15) is 0 Å². The highest BCUT2D eigenvalue weighted by molar-refractivity contribution is 7.91. The van der Waals surface area contributed by atoms with Crippen LogP contribution in [0.4, 0.5) is 0 Å². The van der Waals surface area contributed by atoms with Crippen LogP contribution >= 0.6 is 0 Å². The first-order valence-corrected chi connectivity index (χ1v) is 8.95. The van der Waals surface area contributed by atoms with Crippen LogP contribution in [-0.2, 0) is 19.4 Å². The van der Waals surface area contributed by atoms with Gasteiger partial charge in [-0.1, -0.05) is 18.2 Å². The Morgan fingerprint density at radius 3 is 2.36 bits per heavy atom. The zero-order valence-corrected chi connectivity index (χ0v) is 13.6. The largest absolute Gasteiger partial charge is 0.375 e. The summed E-state index contributed by atoms with van der Waals surface area (Å²) in [6.45, 7) is 3.21. The maximum Gasteiger partial charge on any atom is 0.248 e. The molecule has 1 aromatic carbocycles. The van der Waals surface area contributed by atoms with Crippen molar-refractivity contribution in [3.05, 3.63) is 30.3 Å². The summed E-state index contributed by atoms with van der Waals surface area (Å²) in [4.78, 5) is 15.9. The summed E-state index contributed by atoms with van der Waals surface area (Å²) in [5.74, 6) is 0.0855. The van der Waals surface area contributed by atoms with Crippen LogP contribution in [0.15, 0.2) is 35.2 Å². The monoisotopic (exact) mass is 326 g/mol. The fraction of sp³-hybridized carbons (Fsp3) is 0.533. The molecule has 1 fully saturated rings. The molecule has 0 spiro atoms. The standard InChI is InChI=1S/C15H22N2O4S/c1-21-13-15(18)17-9-7-16(8-10-17)11-12-22(19,20)14-5-3-2-4-6-14/h2-6H,7-13H2,1H3. The molecule has 0 unspecified atom stereocenters. The number of benzene rings is 1. The third kappa shape index (κ3) is 4.53. The van der Waals surface area contributed by atoms with E-state index in [-0.39, 0.29) is 18.3 Å². The van der Waals surface area contributed by atoms with Crippen LogP contribution in [0.1, 0.15) is 0 Å². The number of nitrogens with zero attached hydrogens (tertiary/aromatic N) is 2. The SMILES string of the molecule is COCC(=O)N1CCN(CCS(=O)(=O)c2ccccc2)CC1. The lowest BCUT2D eigenvalue weighted by Crippen LogP contribution is -2.50. The Kier molecular flexibility index (Phi) is 5.93. The maximum absolute atomic E-state index is 12.2. The third-order valence-electron chi connectivity index (χ3n) is 3.77. The Hall–Kier alpha value is -1.44. The van der Waals surface area contributed by atoms with Gasteiger partial charge in [0.05, 0.1) is 10.6 Å². The number of hydrogen-bond donors (Lipinski definition) is 0. The van der Waals surface area contributed by atoms with Crippen LogP contribution in [0.25, 0.3) is 0 Å². The molecule has 0 bridgehead atoms. The summed E-state index contributed by atoms with van der Waals surface area (Å²) in [5.41, 5.74) is 0. The number of sulfone groups is 1. The minimum atomic E-state index is -3.24. The van der Waals surface area contributed by atoms with Crippen LogP contribution < -0.4 is 0 Å². The van der Waals surface area contributed by atoms with Crippen molar-refractivity contribution in [2.75, 3.05) is 52.2 Å². The average molecular weight is 326 g/mol. The lowest BCUT2D eigenvalue weighted by molar-refractivity contribution is -0.136. The van der Waals surface area contributed by atoms with Gasteiger partial charge in [-0.05, 0) is 12.1 Å². The van der Waals surface area contributed by atoms with Crippen molar-refractivity contribution in [1.82, 2.24) is 9.80 Å². The number of piperazine rings is 1. The highest BCUT2D eigenvalue weighted by atomic mass is 32.2. The number of methoxy groups -OCH3 is 1. The first-order valence-electron chi connectivity index (χ1n) is 7.30. The fourth-order valence-corrected chi connectivity index (χ4v) is 3.74. The molecule has 1 aromatic rings. The first-order chi connectivity index (χ1) is 10.5. The molecule has 122 valence electrons. The summed E-state index contributed by atoms with van der Waals surface area (Å²) >= 11 is 0. The van der Waals surface area contributed by atoms with Crippen molar-refractivity contribution in [3.8, 4) is 0 Å². The number of rotatable bonds is 6. The summed E-state index contributed by atoms with van der Waals surface area (Å²) in [6, 6.07) is 8.50. The average Bonchev–Trinajstić information content (AvgIpc) is 2.54. The molecule has 6 nitrogen and oxygen atoms in total. The lowest BCUT2D eigenvalue weighted by Gasteiger charge is -2.34. The van der Waals surface area contributed by atoms with Crippen LogP contribution in [0.3, 0.4) is 0 Å². The molecule has 0 aliphatic carbocycles. The van der Waals surface area contributed by atoms with E-state index in [4.69, 9.17) is 4.74 Å². The lowest BCUT2D eigenvalue weighted by atomic mass is 10.3. The molecular weight excluding hydrogens is 304 g/mol. The molecule has 22 heavy (non-hydrogen) atoms. The molecule has 1 aliphatic rings. The Bertz CT molecular complexity index is 581. The number of ether oxygens (including phenoxy) is 1. The van der Waals surface area contributed by atoms with Gasteiger partial charge in [-0.25, -0.2) is 8.42 Å². The van der Waals surface area contributed by atoms with E-state index in [1.54, 1.807) is 35.2 Å². The third-order valence-corrected chi connectivity index (χ3v) is 5.48. The molecule has 1 heterocycles. The first kappa shape index (κ1) is 16.9. The van der Waals surface area contributed by atoms with Gasteiger partial charge >= 0.3 is 0 Å². The minimum Gasteiger partial charge on any atom is -0.375 e. The highest BCUT2D eigenvalue weighted by Crippen LogP contribution is 2.11. The smallest absolute Gasteiger partial charge is 0.248 e. The zero-order valence-electron chi connectivity index (χ0n) is 12.8. The predicted octanol–water partition coefficient (Wildman–Crippen LogP) is 0.251. The second-order valence-electron chi connectivity index (χ2n) is 5.29. The van der Waals surface area contributed by atoms with Gasteiger partial charge in [-0.15, -0.1) is 0 Å². The number of hydrogen-bond acceptors (Lipinski definition) is 5. The van der Waals surface area contributed by atoms with E-state index in [1.807, 2.05) is 0 Å². The molecular formula is C15H22N2O4S. The maximum atomic E-state index is 12.2. The van der Waals surface area contributed by atoms with Crippen molar-refractivity contribution in [3.63, 3.8) is 0 Å². The second-order valence-corrected chi connectivity index (χ2v) is 7.40. The van der Waals surface area contributed by atoms with Crippen LogP contribution in [0, 0.1) is 0 Å². The van der Waals surface area contributed by atoms with E-state index in [0.29, 0.717) is 37.6 Å². The molecule has 2 rings (SSSR count). The number of amides is 1. The number of carbonyl (C=O) groups is 1. The van der Waals surface area contributed by atoms with Crippen molar-refractivity contribution in [2.24, 2.45) is 0 Å². The van der Waals surface area contributed by atoms with Crippen molar-refractivity contribution in [1.29, 1.82) is 0 Å². The molecule has 1 aliphatic heterocycles. The van der Waals surface area contributed by atoms with E-state index in [1.165, 1.54) is 7.11 Å². The summed E-state index contributed by atoms with van der Waals surface area (Å²) in [5, 5.41) is 0. The Morgan fingerprint density at radius 2 is 1.77 bits per heavy atom. The summed E-state index contributed by atoms with van der Waals surface area (Å²) < 4.78 is 29.3. The Labute approximate surface area is 131 Å². The highest BCUT2D eigenvalue weighted by Gasteiger charge is 2.22. The van der Waals surface area contributed by atoms with Crippen LogP contribution in [-0.4, -0.2) is 76.3 Å². The zero-order chi connectivity index (χ0) is 16.0. The van der Waals surface area contributed by atoms with Crippen LogP contribution in [0.2, 0.25) is 0 Å². The van der Waals surface area contributed by atoms with Gasteiger partial charge < -0.3 is 9.64 Å². The van der Waals surface area contributed by atoms with Crippen molar-refractivity contribution >= 4 is 15.7 Å². The molecule has 0 radical (unpaired) electrons. The second kappa shape index (κ2) is 7.71. The van der Waals surface area contributed by atoms with Gasteiger partial charge in [0.2, 0.25) is 5.91 Å². The Morgan fingerprint density at radius 1 is 1.14 bits per heavy atom. The molecule has 0 atom stereocenters. The van der Waals surface area contributed by atoms with Crippen molar-refractivity contribution < 1.29 is 17.9 Å². The van der Waals surface area contributed by atoms with E-state index in [2.05, 4.69) is 4.90 Å². The topological polar surface area (TPSA) is 66.9 Å². The van der Waals surface area contributed by atoms with E-state index < -0.39 is 9.84 Å². The van der Waals surface area contributed by atoms with Gasteiger partial charge in [0.1, 0.15) is 6.61 Å². The predicted molar refractivity (Wildman–Crippen MR) is 83.4 cm³/mol. The van der Waals surface area contributed by atoms with E-state index in [9.17, 15) is 13.2 Å². The van der Waals surface area contributed by atoms with Gasteiger partial charge in [0.15, 0.2) is 9.84 Å². The quantitative estimate of drug-likeness (QED) is 0.750. The van der Waals surface area contributed by atoms with Gasteiger partial charge in [-0.3, -0.25) is 9.69 Å². The van der Waals surface area contributed by atoms with Gasteiger partial charge in [0.25, 0.3) is 0 Å². The minimum absolute atomic E-state index is 0.0148. The van der Waals surface area contributed by atoms with E-state index >= 15 is 0 Å². The Balaban J connectivity index is 1.81. The molecule has 0 aromatic heterocycles. The molecule has 0 saturated carbocycles. The van der Waals surface area contributed by atoms with E-state index in [0.717, 1.165) is 0 Å². The normalized spacial score (nSPS) is 16.7. The van der Waals surface area contributed by atoms with Gasteiger partial charge in [0, 0.05) is 39.8 Å². The fourth-order valence-electron chi connectivity index (χ4n) is 2.43.